The molecule has 0 spiro atoms. The third-order valence-electron chi connectivity index (χ3n) is 2.80. The predicted octanol–water partition coefficient (Wildman–Crippen LogP) is 2.25. The lowest BCUT2D eigenvalue weighted by atomic mass is 10.1. The van der Waals surface area contributed by atoms with E-state index in [0.29, 0.717) is 6.54 Å². The van der Waals surface area contributed by atoms with Crippen LogP contribution in [0.5, 0.6) is 0 Å². The summed E-state index contributed by atoms with van der Waals surface area (Å²) in [4.78, 5) is 1.54. The number of nitrogens with zero attached hydrogens (tertiary/aromatic N) is 1. The average molecular weight is 272 g/mol. The van der Waals surface area contributed by atoms with Crippen molar-refractivity contribution in [1.82, 2.24) is 5.32 Å². The van der Waals surface area contributed by atoms with Gasteiger partial charge >= 0.3 is 0 Å². The van der Waals surface area contributed by atoms with E-state index in [-0.39, 0.29) is 19.7 Å². The summed E-state index contributed by atoms with van der Waals surface area (Å²) in [6.45, 7) is 3.34. The van der Waals surface area contributed by atoms with Gasteiger partial charge in [0.05, 0.1) is 13.2 Å². The molecule has 0 saturated heterocycles. The molecule has 0 aliphatic heterocycles. The Hall–Kier alpha value is -1.20. The summed E-state index contributed by atoms with van der Waals surface area (Å²) in [5, 5.41) is 12.3. The molecule has 0 aliphatic carbocycles. The molecule has 2 N–H and O–H groups in total. The van der Waals surface area contributed by atoms with Crippen LogP contribution in [0, 0.1) is 0 Å². The van der Waals surface area contributed by atoms with E-state index in [1.54, 1.807) is 0 Å². The molecule has 3 nitrogen and oxygen atoms in total. The standard InChI is InChI=1S/C14H22F2N2O/c1-2-7-17-10-12-5-3-4-6-13(12)18(8-9-19)11-14(15)16/h3-6,14,17,19H,2,7-11H2,1H3. The molecule has 0 aliphatic rings. The van der Waals surface area contributed by atoms with E-state index in [9.17, 15) is 8.78 Å². The van der Waals surface area contributed by atoms with E-state index in [1.165, 1.54) is 4.90 Å². The number of alkyl halides is 2. The van der Waals surface area contributed by atoms with Crippen LogP contribution < -0.4 is 10.2 Å². The minimum Gasteiger partial charge on any atom is -0.395 e. The monoisotopic (exact) mass is 272 g/mol. The Balaban J connectivity index is 2.81. The number of rotatable bonds is 9. The highest BCUT2D eigenvalue weighted by atomic mass is 19.3. The largest absolute Gasteiger partial charge is 0.395 e. The van der Waals surface area contributed by atoms with Crippen molar-refractivity contribution in [1.29, 1.82) is 0 Å². The van der Waals surface area contributed by atoms with Crippen LogP contribution in [0.1, 0.15) is 18.9 Å². The zero-order valence-corrected chi connectivity index (χ0v) is 11.3. The van der Waals surface area contributed by atoms with Crippen molar-refractivity contribution in [3.05, 3.63) is 29.8 Å². The lowest BCUT2D eigenvalue weighted by Gasteiger charge is -2.26. The zero-order valence-electron chi connectivity index (χ0n) is 11.3. The van der Waals surface area contributed by atoms with Gasteiger partial charge in [-0.3, -0.25) is 0 Å². The van der Waals surface area contributed by atoms with E-state index >= 15 is 0 Å². The van der Waals surface area contributed by atoms with Gasteiger partial charge in [-0.25, -0.2) is 8.78 Å². The van der Waals surface area contributed by atoms with Gasteiger partial charge < -0.3 is 15.3 Å². The average Bonchev–Trinajstić information content (AvgIpc) is 2.39. The second-order valence-electron chi connectivity index (χ2n) is 4.37. The molecule has 0 saturated carbocycles. The van der Waals surface area contributed by atoms with Gasteiger partial charge in [0, 0.05) is 18.8 Å². The summed E-state index contributed by atoms with van der Waals surface area (Å²) in [5.41, 5.74) is 1.74. The summed E-state index contributed by atoms with van der Waals surface area (Å²) in [7, 11) is 0. The van der Waals surface area contributed by atoms with Crippen LogP contribution in [0.15, 0.2) is 24.3 Å². The number of hydrogen-bond donors (Lipinski definition) is 2. The minimum atomic E-state index is -2.41. The fourth-order valence-electron chi connectivity index (χ4n) is 1.97. The number of aliphatic hydroxyl groups is 1. The molecule has 0 aromatic heterocycles. The molecule has 0 amide bonds. The maximum Gasteiger partial charge on any atom is 0.255 e. The first kappa shape index (κ1) is 15.9. The first-order valence-electron chi connectivity index (χ1n) is 6.61. The number of benzene rings is 1. The Morgan fingerprint density at radius 3 is 2.68 bits per heavy atom. The third-order valence-corrected chi connectivity index (χ3v) is 2.80. The summed E-state index contributed by atoms with van der Waals surface area (Å²) in [6, 6.07) is 7.47. The topological polar surface area (TPSA) is 35.5 Å². The number of nitrogens with one attached hydrogen (secondary N) is 1. The second-order valence-corrected chi connectivity index (χ2v) is 4.37. The molecule has 0 atom stereocenters. The van der Waals surface area contributed by atoms with Gasteiger partial charge in [-0.05, 0) is 24.6 Å². The number of halogens is 2. The van der Waals surface area contributed by atoms with E-state index < -0.39 is 6.43 Å². The second kappa shape index (κ2) is 8.82. The Morgan fingerprint density at radius 1 is 1.32 bits per heavy atom. The zero-order chi connectivity index (χ0) is 14.1. The normalized spacial score (nSPS) is 11.0. The van der Waals surface area contributed by atoms with Crippen LogP contribution in [0.4, 0.5) is 14.5 Å². The molecular weight excluding hydrogens is 250 g/mol. The molecule has 0 radical (unpaired) electrons. The van der Waals surface area contributed by atoms with Crippen LogP contribution in [0.3, 0.4) is 0 Å². The highest BCUT2D eigenvalue weighted by Crippen LogP contribution is 2.21. The first-order valence-corrected chi connectivity index (χ1v) is 6.61. The summed E-state index contributed by atoms with van der Waals surface area (Å²) >= 11 is 0. The van der Waals surface area contributed by atoms with Crippen molar-refractivity contribution in [2.45, 2.75) is 26.3 Å². The Bertz CT molecular complexity index is 361. The van der Waals surface area contributed by atoms with Crippen molar-refractivity contribution < 1.29 is 13.9 Å². The lowest BCUT2D eigenvalue weighted by Crippen LogP contribution is -2.32. The molecule has 0 fully saturated rings. The first-order chi connectivity index (χ1) is 9.19. The fraction of sp³-hybridized carbons (Fsp3) is 0.571. The van der Waals surface area contributed by atoms with Gasteiger partial charge in [-0.2, -0.15) is 0 Å². The van der Waals surface area contributed by atoms with Crippen LogP contribution in [-0.4, -0.2) is 37.8 Å². The number of para-hydroxylation sites is 1. The van der Waals surface area contributed by atoms with Crippen LogP contribution >= 0.6 is 0 Å². The van der Waals surface area contributed by atoms with Crippen molar-refractivity contribution in [2.24, 2.45) is 0 Å². The van der Waals surface area contributed by atoms with Gasteiger partial charge in [0.2, 0.25) is 0 Å². The molecule has 19 heavy (non-hydrogen) atoms. The quantitative estimate of drug-likeness (QED) is 0.677. The smallest absolute Gasteiger partial charge is 0.255 e. The summed E-state index contributed by atoms with van der Waals surface area (Å²) in [5.74, 6) is 0. The Labute approximate surface area is 113 Å². The van der Waals surface area contributed by atoms with Gasteiger partial charge in [-0.15, -0.1) is 0 Å². The number of anilines is 1. The van der Waals surface area contributed by atoms with E-state index in [1.807, 2.05) is 24.3 Å². The van der Waals surface area contributed by atoms with Crippen LogP contribution in [0.2, 0.25) is 0 Å². The van der Waals surface area contributed by atoms with Crippen molar-refractivity contribution in [3.63, 3.8) is 0 Å². The van der Waals surface area contributed by atoms with Gasteiger partial charge in [-0.1, -0.05) is 25.1 Å². The molecule has 1 aromatic rings. The highest BCUT2D eigenvalue weighted by Gasteiger charge is 2.15. The van der Waals surface area contributed by atoms with E-state index in [2.05, 4.69) is 12.2 Å². The molecular formula is C14H22F2N2O. The lowest BCUT2D eigenvalue weighted by molar-refractivity contribution is 0.152. The van der Waals surface area contributed by atoms with Crippen molar-refractivity contribution >= 4 is 5.69 Å². The molecule has 1 rings (SSSR count). The highest BCUT2D eigenvalue weighted by molar-refractivity contribution is 5.53. The molecule has 0 bridgehead atoms. The molecule has 0 heterocycles. The van der Waals surface area contributed by atoms with E-state index in [4.69, 9.17) is 5.11 Å². The maximum absolute atomic E-state index is 12.6. The molecule has 108 valence electrons. The maximum atomic E-state index is 12.6. The summed E-state index contributed by atoms with van der Waals surface area (Å²) < 4.78 is 25.2. The predicted molar refractivity (Wildman–Crippen MR) is 73.7 cm³/mol. The summed E-state index contributed by atoms with van der Waals surface area (Å²) in [6.07, 6.45) is -1.39. The van der Waals surface area contributed by atoms with Gasteiger partial charge in [0.1, 0.15) is 0 Å². The number of aliphatic hydroxyl groups excluding tert-OH is 1. The third kappa shape index (κ3) is 5.53. The number of hydrogen-bond acceptors (Lipinski definition) is 3. The van der Waals surface area contributed by atoms with Crippen LogP contribution in [0.25, 0.3) is 0 Å². The molecule has 5 heteroatoms. The minimum absolute atomic E-state index is 0.135. The van der Waals surface area contributed by atoms with Gasteiger partial charge in [0.25, 0.3) is 6.43 Å². The molecule has 0 unspecified atom stereocenters. The Kier molecular flexibility index (Phi) is 7.36. The van der Waals surface area contributed by atoms with Crippen molar-refractivity contribution in [2.75, 3.05) is 31.1 Å². The molecule has 1 aromatic carbocycles. The van der Waals surface area contributed by atoms with Crippen LogP contribution in [-0.2, 0) is 6.54 Å². The van der Waals surface area contributed by atoms with Crippen molar-refractivity contribution in [3.8, 4) is 0 Å². The van der Waals surface area contributed by atoms with E-state index in [0.717, 1.165) is 24.2 Å². The fourth-order valence-corrected chi connectivity index (χ4v) is 1.97. The Morgan fingerprint density at radius 2 is 2.05 bits per heavy atom. The van der Waals surface area contributed by atoms with Gasteiger partial charge in [0.15, 0.2) is 0 Å². The SMILES string of the molecule is CCCNCc1ccccc1N(CCO)CC(F)F.